The monoisotopic (exact) mass is 251 g/mol. The minimum Gasteiger partial charge on any atom is -0.292 e. The maximum Gasteiger partial charge on any atom is 0.183 e. The summed E-state index contributed by atoms with van der Waals surface area (Å²) >= 11 is 3.29. The first kappa shape index (κ1) is 10.9. The van der Waals surface area contributed by atoms with Crippen LogP contribution in [0.2, 0.25) is 0 Å². The molecule has 1 rings (SSSR count). The average molecular weight is 252 g/mol. The van der Waals surface area contributed by atoms with Crippen molar-refractivity contribution in [1.82, 2.24) is 0 Å². The van der Waals surface area contributed by atoms with E-state index >= 15 is 0 Å². The highest BCUT2D eigenvalue weighted by Crippen LogP contribution is 2.25. The van der Waals surface area contributed by atoms with Crippen molar-refractivity contribution in [2.24, 2.45) is 5.41 Å². The lowest BCUT2D eigenvalue weighted by molar-refractivity contribution is 0.0891. The van der Waals surface area contributed by atoms with Crippen LogP contribution in [0.15, 0.2) is 28.7 Å². The Labute approximate surface area is 91.7 Å². The van der Waals surface area contributed by atoms with Crippen molar-refractivity contribution in [3.63, 3.8) is 0 Å². The fourth-order valence-corrected chi connectivity index (χ4v) is 1.50. The Morgan fingerprint density at radius 2 is 2.00 bits per heavy atom. The standard InChI is InChI=1S/C11H10BrNO/c1-11(2,7-13)10(14)8-5-3-4-6-9(8)12/h3-6H,1-2H3. The van der Waals surface area contributed by atoms with Crippen molar-refractivity contribution >= 4 is 21.7 Å². The van der Waals surface area contributed by atoms with Crippen LogP contribution in [0, 0.1) is 16.7 Å². The van der Waals surface area contributed by atoms with E-state index in [1.165, 1.54) is 0 Å². The van der Waals surface area contributed by atoms with Crippen LogP contribution in [-0.2, 0) is 0 Å². The van der Waals surface area contributed by atoms with Gasteiger partial charge in [-0.3, -0.25) is 4.79 Å². The molecule has 0 fully saturated rings. The Bertz CT molecular complexity index is 404. The normalized spacial score (nSPS) is 10.7. The minimum atomic E-state index is -0.968. The zero-order valence-corrected chi connectivity index (χ0v) is 9.63. The van der Waals surface area contributed by atoms with E-state index in [0.717, 1.165) is 4.47 Å². The first-order valence-electron chi connectivity index (χ1n) is 4.19. The van der Waals surface area contributed by atoms with Crippen molar-refractivity contribution in [2.75, 3.05) is 0 Å². The Morgan fingerprint density at radius 1 is 1.43 bits per heavy atom. The summed E-state index contributed by atoms with van der Waals surface area (Å²) < 4.78 is 0.730. The Balaban J connectivity index is 3.16. The summed E-state index contributed by atoms with van der Waals surface area (Å²) in [7, 11) is 0. The summed E-state index contributed by atoms with van der Waals surface area (Å²) in [6, 6.07) is 9.12. The summed E-state index contributed by atoms with van der Waals surface area (Å²) in [5.74, 6) is -0.160. The van der Waals surface area contributed by atoms with E-state index in [1.807, 2.05) is 12.1 Å². The fourth-order valence-electron chi connectivity index (χ4n) is 1.03. The van der Waals surface area contributed by atoms with Gasteiger partial charge in [0.2, 0.25) is 0 Å². The molecule has 72 valence electrons. The molecular formula is C11H10BrNO. The largest absolute Gasteiger partial charge is 0.292 e. The first-order valence-corrected chi connectivity index (χ1v) is 4.99. The van der Waals surface area contributed by atoms with Gasteiger partial charge in [0, 0.05) is 10.0 Å². The molecule has 0 radical (unpaired) electrons. The third-order valence-corrected chi connectivity index (χ3v) is 2.66. The number of rotatable bonds is 2. The lowest BCUT2D eigenvalue weighted by Crippen LogP contribution is -2.22. The van der Waals surface area contributed by atoms with Crippen LogP contribution in [0.3, 0.4) is 0 Å². The van der Waals surface area contributed by atoms with Gasteiger partial charge in [-0.25, -0.2) is 0 Å². The van der Waals surface area contributed by atoms with Crippen molar-refractivity contribution in [2.45, 2.75) is 13.8 Å². The second kappa shape index (κ2) is 3.93. The lowest BCUT2D eigenvalue weighted by atomic mass is 9.86. The number of nitrogens with zero attached hydrogens (tertiary/aromatic N) is 1. The van der Waals surface area contributed by atoms with E-state index in [9.17, 15) is 4.79 Å². The van der Waals surface area contributed by atoms with Gasteiger partial charge in [-0.15, -0.1) is 0 Å². The Kier molecular flexibility index (Phi) is 3.07. The molecule has 1 aromatic rings. The van der Waals surface area contributed by atoms with Crippen LogP contribution in [-0.4, -0.2) is 5.78 Å². The molecule has 0 aliphatic carbocycles. The van der Waals surface area contributed by atoms with E-state index in [2.05, 4.69) is 15.9 Å². The topological polar surface area (TPSA) is 40.9 Å². The van der Waals surface area contributed by atoms with Crippen LogP contribution in [0.1, 0.15) is 24.2 Å². The molecule has 2 nitrogen and oxygen atoms in total. The van der Waals surface area contributed by atoms with Gasteiger partial charge in [-0.2, -0.15) is 5.26 Å². The van der Waals surface area contributed by atoms with E-state index in [0.29, 0.717) is 5.56 Å². The SMILES string of the molecule is CC(C)(C#N)C(=O)c1ccccc1Br. The second-order valence-electron chi connectivity index (χ2n) is 3.55. The van der Waals surface area contributed by atoms with Crippen molar-refractivity contribution in [1.29, 1.82) is 5.26 Å². The van der Waals surface area contributed by atoms with Gasteiger partial charge in [-0.1, -0.05) is 34.1 Å². The predicted octanol–water partition coefficient (Wildman–Crippen LogP) is 3.18. The van der Waals surface area contributed by atoms with E-state index in [-0.39, 0.29) is 5.78 Å². The number of hydrogen-bond donors (Lipinski definition) is 0. The molecule has 0 N–H and O–H groups in total. The van der Waals surface area contributed by atoms with E-state index in [1.54, 1.807) is 32.0 Å². The highest BCUT2D eigenvalue weighted by Gasteiger charge is 2.29. The van der Waals surface area contributed by atoms with Gasteiger partial charge in [-0.05, 0) is 19.9 Å². The molecule has 0 spiro atoms. The fraction of sp³-hybridized carbons (Fsp3) is 0.273. The number of nitriles is 1. The maximum atomic E-state index is 11.9. The van der Waals surface area contributed by atoms with Gasteiger partial charge in [0.15, 0.2) is 5.78 Å². The van der Waals surface area contributed by atoms with Gasteiger partial charge in [0.05, 0.1) is 6.07 Å². The third kappa shape index (κ3) is 2.02. The molecule has 0 unspecified atom stereocenters. The number of ketones is 1. The van der Waals surface area contributed by atoms with Crippen LogP contribution in [0.5, 0.6) is 0 Å². The van der Waals surface area contributed by atoms with Crippen LogP contribution >= 0.6 is 15.9 Å². The number of halogens is 1. The van der Waals surface area contributed by atoms with Crippen LogP contribution in [0.25, 0.3) is 0 Å². The molecule has 0 aliphatic heterocycles. The zero-order valence-electron chi connectivity index (χ0n) is 8.04. The summed E-state index contributed by atoms with van der Waals surface area (Å²) in [6.07, 6.45) is 0. The molecule has 0 saturated carbocycles. The molecule has 0 bridgehead atoms. The molecule has 0 atom stereocenters. The quantitative estimate of drug-likeness (QED) is 0.758. The highest BCUT2D eigenvalue weighted by atomic mass is 79.9. The number of hydrogen-bond acceptors (Lipinski definition) is 2. The molecule has 0 heterocycles. The Morgan fingerprint density at radius 3 is 2.50 bits per heavy atom. The number of Topliss-reactive ketones (excluding diaryl/α,β-unsaturated/α-hetero) is 1. The summed E-state index contributed by atoms with van der Waals surface area (Å²) in [6.45, 7) is 3.24. The molecule has 0 aromatic heterocycles. The van der Waals surface area contributed by atoms with Gasteiger partial charge >= 0.3 is 0 Å². The third-order valence-electron chi connectivity index (χ3n) is 1.97. The zero-order chi connectivity index (χ0) is 10.8. The molecule has 1 aromatic carbocycles. The summed E-state index contributed by atoms with van der Waals surface area (Å²) in [4.78, 5) is 11.9. The molecule has 0 aliphatic rings. The van der Waals surface area contributed by atoms with E-state index in [4.69, 9.17) is 5.26 Å². The molecule has 14 heavy (non-hydrogen) atoms. The van der Waals surface area contributed by atoms with Gasteiger partial charge in [0.1, 0.15) is 5.41 Å². The lowest BCUT2D eigenvalue weighted by Gasteiger charge is -2.14. The smallest absolute Gasteiger partial charge is 0.183 e. The second-order valence-corrected chi connectivity index (χ2v) is 4.40. The predicted molar refractivity (Wildman–Crippen MR) is 57.9 cm³/mol. The molecule has 0 amide bonds. The summed E-state index contributed by atoms with van der Waals surface area (Å²) in [5, 5.41) is 8.83. The van der Waals surface area contributed by atoms with Crippen LogP contribution < -0.4 is 0 Å². The summed E-state index contributed by atoms with van der Waals surface area (Å²) in [5.41, 5.74) is -0.414. The maximum absolute atomic E-state index is 11.9. The van der Waals surface area contributed by atoms with Crippen molar-refractivity contribution in [3.8, 4) is 6.07 Å². The van der Waals surface area contributed by atoms with Gasteiger partial charge in [0.25, 0.3) is 0 Å². The molecule has 3 heteroatoms. The van der Waals surface area contributed by atoms with E-state index < -0.39 is 5.41 Å². The number of carbonyl (C=O) groups excluding carboxylic acids is 1. The first-order chi connectivity index (χ1) is 6.49. The minimum absolute atomic E-state index is 0.160. The van der Waals surface area contributed by atoms with Crippen LogP contribution in [0.4, 0.5) is 0 Å². The molecule has 0 saturated heterocycles. The number of benzene rings is 1. The van der Waals surface area contributed by atoms with Crippen molar-refractivity contribution < 1.29 is 4.79 Å². The molecular weight excluding hydrogens is 242 g/mol. The highest BCUT2D eigenvalue weighted by molar-refractivity contribution is 9.10. The van der Waals surface area contributed by atoms with Gasteiger partial charge < -0.3 is 0 Å². The number of carbonyl (C=O) groups is 1. The average Bonchev–Trinajstić information content (AvgIpc) is 2.17. The Hall–Kier alpha value is -1.14. The van der Waals surface area contributed by atoms with Crippen molar-refractivity contribution in [3.05, 3.63) is 34.3 Å².